The van der Waals surface area contributed by atoms with Gasteiger partial charge in [0.05, 0.1) is 0 Å². The van der Waals surface area contributed by atoms with Crippen molar-refractivity contribution in [3.05, 3.63) is 17.0 Å². The molecule has 1 heterocycles. The molecule has 0 radical (unpaired) electrons. The van der Waals surface area contributed by atoms with Crippen molar-refractivity contribution in [1.29, 1.82) is 0 Å². The summed E-state index contributed by atoms with van der Waals surface area (Å²) in [6.45, 7) is 1.90. The van der Waals surface area contributed by atoms with E-state index in [-0.39, 0.29) is 11.3 Å². The molecule has 3 N–H and O–H groups in total. The quantitative estimate of drug-likeness (QED) is 0.778. The molecule has 1 fully saturated rings. The predicted octanol–water partition coefficient (Wildman–Crippen LogP) is 2.12. The molecule has 0 aromatic carbocycles. The summed E-state index contributed by atoms with van der Waals surface area (Å²) in [5.74, 6) is 0.778. The van der Waals surface area contributed by atoms with Crippen LogP contribution in [0.2, 0.25) is 5.28 Å². The highest BCUT2D eigenvalue weighted by molar-refractivity contribution is 6.28. The molecule has 5 heteroatoms. The predicted molar refractivity (Wildman–Crippen MR) is 65.6 cm³/mol. The summed E-state index contributed by atoms with van der Waals surface area (Å²) in [6, 6.07) is 2.41. The SMILES string of the molecule is Cc1cc(N[C@H]2CCCC[C@H]2N)nc(Cl)n1. The molecule has 16 heavy (non-hydrogen) atoms. The van der Waals surface area contributed by atoms with Crippen LogP contribution in [-0.4, -0.2) is 22.1 Å². The van der Waals surface area contributed by atoms with Crippen molar-refractivity contribution in [2.75, 3.05) is 5.32 Å². The molecule has 0 aliphatic heterocycles. The van der Waals surface area contributed by atoms with Gasteiger partial charge in [0.15, 0.2) is 0 Å². The Labute approximate surface area is 101 Å². The van der Waals surface area contributed by atoms with Crippen LogP contribution >= 0.6 is 11.6 Å². The van der Waals surface area contributed by atoms with Gasteiger partial charge in [-0.05, 0) is 31.4 Å². The van der Waals surface area contributed by atoms with E-state index in [0.29, 0.717) is 6.04 Å². The third-order valence-corrected chi connectivity index (χ3v) is 3.15. The van der Waals surface area contributed by atoms with Crippen molar-refractivity contribution in [3.63, 3.8) is 0 Å². The van der Waals surface area contributed by atoms with E-state index >= 15 is 0 Å². The number of nitrogens with zero attached hydrogens (tertiary/aromatic N) is 2. The zero-order chi connectivity index (χ0) is 11.5. The van der Waals surface area contributed by atoms with E-state index in [0.717, 1.165) is 24.4 Å². The Morgan fingerprint density at radius 3 is 2.81 bits per heavy atom. The summed E-state index contributed by atoms with van der Waals surface area (Å²) >= 11 is 5.81. The largest absolute Gasteiger partial charge is 0.366 e. The topological polar surface area (TPSA) is 63.8 Å². The van der Waals surface area contributed by atoms with Gasteiger partial charge in [-0.3, -0.25) is 0 Å². The first-order valence-corrected chi connectivity index (χ1v) is 6.06. The molecular formula is C11H17ClN4. The van der Waals surface area contributed by atoms with Crippen molar-refractivity contribution in [2.24, 2.45) is 5.73 Å². The number of hydrogen-bond acceptors (Lipinski definition) is 4. The molecule has 2 rings (SSSR count). The number of halogens is 1. The van der Waals surface area contributed by atoms with E-state index < -0.39 is 0 Å². The summed E-state index contributed by atoms with van der Waals surface area (Å²) in [4.78, 5) is 8.18. The molecule has 0 bridgehead atoms. The minimum Gasteiger partial charge on any atom is -0.366 e. The van der Waals surface area contributed by atoms with Crippen LogP contribution in [0.1, 0.15) is 31.4 Å². The van der Waals surface area contributed by atoms with Gasteiger partial charge in [-0.1, -0.05) is 12.8 Å². The van der Waals surface area contributed by atoms with Crippen LogP contribution in [0.3, 0.4) is 0 Å². The standard InChI is InChI=1S/C11H17ClN4/c1-7-6-10(16-11(12)14-7)15-9-5-3-2-4-8(9)13/h6,8-9H,2-5,13H2,1H3,(H,14,15,16)/t8-,9+/m1/s1. The van der Waals surface area contributed by atoms with Gasteiger partial charge >= 0.3 is 0 Å². The summed E-state index contributed by atoms with van der Waals surface area (Å²) in [6.07, 6.45) is 4.63. The van der Waals surface area contributed by atoms with Crippen LogP contribution in [0.5, 0.6) is 0 Å². The van der Waals surface area contributed by atoms with Crippen molar-refractivity contribution < 1.29 is 0 Å². The molecule has 0 unspecified atom stereocenters. The zero-order valence-corrected chi connectivity index (χ0v) is 10.2. The Hall–Kier alpha value is -0.870. The van der Waals surface area contributed by atoms with Crippen LogP contribution in [0.25, 0.3) is 0 Å². The van der Waals surface area contributed by atoms with Gasteiger partial charge in [-0.2, -0.15) is 0 Å². The van der Waals surface area contributed by atoms with Gasteiger partial charge in [0.2, 0.25) is 5.28 Å². The van der Waals surface area contributed by atoms with E-state index in [2.05, 4.69) is 15.3 Å². The highest BCUT2D eigenvalue weighted by Gasteiger charge is 2.21. The molecule has 4 nitrogen and oxygen atoms in total. The second kappa shape index (κ2) is 4.97. The van der Waals surface area contributed by atoms with E-state index in [1.807, 2.05) is 13.0 Å². The lowest BCUT2D eigenvalue weighted by Crippen LogP contribution is -2.42. The molecule has 0 amide bonds. The maximum Gasteiger partial charge on any atom is 0.224 e. The highest BCUT2D eigenvalue weighted by Crippen LogP contribution is 2.21. The lowest BCUT2D eigenvalue weighted by molar-refractivity contribution is 0.403. The Balaban J connectivity index is 2.07. The maximum absolute atomic E-state index is 6.06. The van der Waals surface area contributed by atoms with Crippen molar-refractivity contribution in [2.45, 2.75) is 44.7 Å². The lowest BCUT2D eigenvalue weighted by Gasteiger charge is -2.29. The smallest absolute Gasteiger partial charge is 0.224 e. The average molecular weight is 241 g/mol. The van der Waals surface area contributed by atoms with Crippen LogP contribution in [0.15, 0.2) is 6.07 Å². The second-order valence-electron chi connectivity index (χ2n) is 4.36. The molecule has 0 saturated heterocycles. The van der Waals surface area contributed by atoms with Crippen LogP contribution < -0.4 is 11.1 Å². The maximum atomic E-state index is 6.06. The third-order valence-electron chi connectivity index (χ3n) is 2.98. The first-order chi connectivity index (χ1) is 7.65. The van der Waals surface area contributed by atoms with Crippen molar-refractivity contribution in [3.8, 4) is 0 Å². The van der Waals surface area contributed by atoms with E-state index in [4.69, 9.17) is 17.3 Å². The van der Waals surface area contributed by atoms with Gasteiger partial charge in [0.25, 0.3) is 0 Å². The number of nitrogens with one attached hydrogen (secondary N) is 1. The Morgan fingerprint density at radius 1 is 1.38 bits per heavy atom. The zero-order valence-electron chi connectivity index (χ0n) is 9.41. The summed E-state index contributed by atoms with van der Waals surface area (Å²) in [5, 5.41) is 3.64. The molecule has 2 atom stereocenters. The van der Waals surface area contributed by atoms with E-state index in [1.54, 1.807) is 0 Å². The Bertz CT molecular complexity index is 349. The highest BCUT2D eigenvalue weighted by atomic mass is 35.5. The molecule has 1 aromatic rings. The number of hydrogen-bond donors (Lipinski definition) is 2. The average Bonchev–Trinajstić information content (AvgIpc) is 2.20. The van der Waals surface area contributed by atoms with Gasteiger partial charge in [-0.25, -0.2) is 9.97 Å². The molecule has 1 aromatic heterocycles. The summed E-state index contributed by atoms with van der Waals surface area (Å²) in [7, 11) is 0. The van der Waals surface area contributed by atoms with E-state index in [9.17, 15) is 0 Å². The van der Waals surface area contributed by atoms with Gasteiger partial charge in [0, 0.05) is 23.8 Å². The normalized spacial score (nSPS) is 25.4. The fraction of sp³-hybridized carbons (Fsp3) is 0.636. The number of aromatic nitrogens is 2. The number of aryl methyl sites for hydroxylation is 1. The first kappa shape index (κ1) is 11.6. The number of anilines is 1. The fourth-order valence-electron chi connectivity index (χ4n) is 2.13. The van der Waals surface area contributed by atoms with Gasteiger partial charge in [-0.15, -0.1) is 0 Å². The molecular weight excluding hydrogens is 224 g/mol. The summed E-state index contributed by atoms with van der Waals surface area (Å²) < 4.78 is 0. The van der Waals surface area contributed by atoms with Crippen molar-refractivity contribution >= 4 is 17.4 Å². The van der Waals surface area contributed by atoms with E-state index in [1.165, 1.54) is 12.8 Å². The summed E-state index contributed by atoms with van der Waals surface area (Å²) in [5.41, 5.74) is 6.93. The number of nitrogens with two attached hydrogens (primary N) is 1. The second-order valence-corrected chi connectivity index (χ2v) is 4.70. The minimum absolute atomic E-state index is 0.211. The molecule has 1 aliphatic carbocycles. The fourth-order valence-corrected chi connectivity index (χ4v) is 2.36. The van der Waals surface area contributed by atoms with Gasteiger partial charge in [0.1, 0.15) is 5.82 Å². The number of rotatable bonds is 2. The first-order valence-electron chi connectivity index (χ1n) is 5.68. The molecule has 1 aliphatic rings. The van der Waals surface area contributed by atoms with Crippen LogP contribution in [-0.2, 0) is 0 Å². The third kappa shape index (κ3) is 2.83. The Morgan fingerprint density at radius 2 is 2.12 bits per heavy atom. The van der Waals surface area contributed by atoms with Crippen LogP contribution in [0.4, 0.5) is 5.82 Å². The van der Waals surface area contributed by atoms with Crippen LogP contribution in [0, 0.1) is 6.92 Å². The molecule has 0 spiro atoms. The lowest BCUT2D eigenvalue weighted by atomic mass is 9.91. The molecule has 1 saturated carbocycles. The monoisotopic (exact) mass is 240 g/mol. The molecule has 88 valence electrons. The minimum atomic E-state index is 0.211. The van der Waals surface area contributed by atoms with Gasteiger partial charge < -0.3 is 11.1 Å². The van der Waals surface area contributed by atoms with Crippen molar-refractivity contribution in [1.82, 2.24) is 9.97 Å². The Kier molecular flexibility index (Phi) is 3.61.